The lowest BCUT2D eigenvalue weighted by Crippen LogP contribution is -2.33. The molecule has 2 aromatic heterocycles. The van der Waals surface area contributed by atoms with Crippen molar-refractivity contribution in [2.45, 2.75) is 57.8 Å². The molecule has 8 heteroatoms. The molecule has 1 unspecified atom stereocenters. The topological polar surface area (TPSA) is 71.3 Å². The summed E-state index contributed by atoms with van der Waals surface area (Å²) in [5.74, 6) is -0.257. The normalized spacial score (nSPS) is 32.9. The van der Waals surface area contributed by atoms with Crippen molar-refractivity contribution in [1.82, 2.24) is 19.5 Å². The Hall–Kier alpha value is -2.06. The van der Waals surface area contributed by atoms with Crippen LogP contribution < -0.4 is 0 Å². The highest BCUT2D eigenvalue weighted by Crippen LogP contribution is 2.71. The Bertz CT molecular complexity index is 1150. The van der Waals surface area contributed by atoms with Crippen molar-refractivity contribution >= 4 is 22.8 Å². The van der Waals surface area contributed by atoms with Crippen LogP contribution in [0.4, 0.5) is 0 Å². The summed E-state index contributed by atoms with van der Waals surface area (Å²) in [6.07, 6.45) is 2.77. The van der Waals surface area contributed by atoms with E-state index in [4.69, 9.17) is 25.8 Å². The first-order chi connectivity index (χ1) is 14.9. The van der Waals surface area contributed by atoms with E-state index in [1.54, 1.807) is 0 Å². The number of nitrogens with zero attached hydrogens (tertiary/aromatic N) is 4. The largest absolute Gasteiger partial charge is 0.376 e. The van der Waals surface area contributed by atoms with E-state index in [0.29, 0.717) is 19.1 Å². The number of rotatable bonds is 5. The molecular formula is C23H25ClN4O3. The number of ether oxygens (including phenoxy) is 3. The smallest absolute Gasteiger partial charge is 0.224 e. The lowest BCUT2D eigenvalue weighted by molar-refractivity contribution is -0.164. The monoisotopic (exact) mass is 440 g/mol. The van der Waals surface area contributed by atoms with E-state index in [-0.39, 0.29) is 28.9 Å². The first kappa shape index (κ1) is 19.6. The summed E-state index contributed by atoms with van der Waals surface area (Å²) in [5, 5.41) is 0.235. The lowest BCUT2D eigenvalue weighted by Gasteiger charge is -2.24. The second-order valence-electron chi connectivity index (χ2n) is 9.44. The molecule has 0 bridgehead atoms. The molecule has 0 radical (unpaired) electrons. The highest BCUT2D eigenvalue weighted by molar-refractivity contribution is 6.28. The van der Waals surface area contributed by atoms with Crippen LogP contribution in [0.25, 0.3) is 11.2 Å². The van der Waals surface area contributed by atoms with Gasteiger partial charge in [0.25, 0.3) is 0 Å². The van der Waals surface area contributed by atoms with Gasteiger partial charge in [0.2, 0.25) is 5.28 Å². The van der Waals surface area contributed by atoms with Gasteiger partial charge in [-0.05, 0) is 50.3 Å². The van der Waals surface area contributed by atoms with Gasteiger partial charge in [-0.25, -0.2) is 9.97 Å². The first-order valence-corrected chi connectivity index (χ1v) is 11.1. The Kier molecular flexibility index (Phi) is 4.25. The average Bonchev–Trinajstić information content (AvgIpc) is 2.98. The zero-order valence-corrected chi connectivity index (χ0v) is 18.5. The van der Waals surface area contributed by atoms with Gasteiger partial charge in [0.15, 0.2) is 11.4 Å². The molecule has 31 heavy (non-hydrogen) atoms. The molecule has 6 rings (SSSR count). The number of hydrogen-bond acceptors (Lipinski definition) is 6. The van der Waals surface area contributed by atoms with Crippen molar-refractivity contribution in [3.63, 3.8) is 0 Å². The molecule has 5 atom stereocenters. The van der Waals surface area contributed by atoms with E-state index in [0.717, 1.165) is 23.3 Å². The fourth-order valence-electron chi connectivity index (χ4n) is 5.63. The third-order valence-corrected chi connectivity index (χ3v) is 7.16. The molecule has 1 saturated heterocycles. The van der Waals surface area contributed by atoms with Crippen molar-refractivity contribution < 1.29 is 14.2 Å². The fraction of sp³-hybridized carbons (Fsp3) is 0.522. The minimum atomic E-state index is -0.632. The maximum absolute atomic E-state index is 6.43. The van der Waals surface area contributed by atoms with Crippen molar-refractivity contribution in [3.8, 4) is 0 Å². The lowest BCUT2D eigenvalue weighted by atomic mass is 10.0. The number of imidazole rings is 1. The number of hydrogen-bond donors (Lipinski definition) is 0. The second kappa shape index (κ2) is 6.72. The molecule has 0 amide bonds. The van der Waals surface area contributed by atoms with Gasteiger partial charge in [0.1, 0.15) is 11.6 Å². The minimum Gasteiger partial charge on any atom is -0.376 e. The standard InChI is InChI=1S/C23H25ClN4O3/c1-13-16-20(27-21(24)26-13)28(12-25-16)17-15-9-23(15,19-18(17)30-22(2,3)31-19)11-29-10-14-7-5-4-6-8-14/h4-8,12,15,17-19H,9-11H2,1-3H3/t15?,17-,18+,19+,23+/m1/s1. The van der Waals surface area contributed by atoms with E-state index >= 15 is 0 Å². The molecule has 7 nitrogen and oxygen atoms in total. The second-order valence-corrected chi connectivity index (χ2v) is 9.77. The number of aryl methyl sites for hydroxylation is 1. The van der Waals surface area contributed by atoms with E-state index in [2.05, 4.69) is 31.7 Å². The maximum atomic E-state index is 6.43. The predicted octanol–water partition coefficient (Wildman–Crippen LogP) is 4.09. The van der Waals surface area contributed by atoms with E-state index in [1.807, 2.05) is 45.3 Å². The fourth-order valence-corrected chi connectivity index (χ4v) is 5.83. The molecular weight excluding hydrogens is 416 g/mol. The van der Waals surface area contributed by atoms with Crippen molar-refractivity contribution in [3.05, 3.63) is 53.2 Å². The van der Waals surface area contributed by atoms with Crippen LogP contribution in [0.15, 0.2) is 36.7 Å². The molecule has 1 aromatic carbocycles. The number of aromatic nitrogens is 4. The molecule has 1 aliphatic heterocycles. The van der Waals surface area contributed by atoms with E-state index in [1.165, 1.54) is 5.56 Å². The Morgan fingerprint density at radius 2 is 2.00 bits per heavy atom. The van der Waals surface area contributed by atoms with Crippen LogP contribution in [0, 0.1) is 18.3 Å². The van der Waals surface area contributed by atoms with Gasteiger partial charge < -0.3 is 18.8 Å². The summed E-state index contributed by atoms with van der Waals surface area (Å²) in [7, 11) is 0. The Labute approximate surface area is 185 Å². The van der Waals surface area contributed by atoms with Gasteiger partial charge in [-0.3, -0.25) is 0 Å². The Morgan fingerprint density at radius 1 is 1.19 bits per heavy atom. The molecule has 2 aliphatic carbocycles. The van der Waals surface area contributed by atoms with Gasteiger partial charge in [0, 0.05) is 5.41 Å². The number of fused-ring (bicyclic) bond motifs is 4. The zero-order chi connectivity index (χ0) is 21.4. The van der Waals surface area contributed by atoms with Gasteiger partial charge in [0.05, 0.1) is 37.4 Å². The molecule has 3 heterocycles. The summed E-state index contributed by atoms with van der Waals surface area (Å²) in [4.78, 5) is 13.3. The summed E-state index contributed by atoms with van der Waals surface area (Å²) in [6, 6.07) is 10.3. The highest BCUT2D eigenvalue weighted by Gasteiger charge is 2.76. The minimum absolute atomic E-state index is 0.0240. The third kappa shape index (κ3) is 3.02. The van der Waals surface area contributed by atoms with Crippen LogP contribution in [0.5, 0.6) is 0 Å². The first-order valence-electron chi connectivity index (χ1n) is 10.7. The van der Waals surface area contributed by atoms with Gasteiger partial charge in [-0.1, -0.05) is 30.3 Å². The summed E-state index contributed by atoms with van der Waals surface area (Å²) >= 11 is 6.18. The van der Waals surface area contributed by atoms with Gasteiger partial charge in [-0.2, -0.15) is 4.98 Å². The van der Waals surface area contributed by atoms with E-state index in [9.17, 15) is 0 Å². The van der Waals surface area contributed by atoms with Crippen molar-refractivity contribution in [2.75, 3.05) is 6.61 Å². The molecule has 0 N–H and O–H groups in total. The van der Waals surface area contributed by atoms with Crippen molar-refractivity contribution in [1.29, 1.82) is 0 Å². The van der Waals surface area contributed by atoms with Gasteiger partial charge in [-0.15, -0.1) is 0 Å². The quantitative estimate of drug-likeness (QED) is 0.556. The Morgan fingerprint density at radius 3 is 2.81 bits per heavy atom. The highest BCUT2D eigenvalue weighted by atomic mass is 35.5. The molecule has 2 saturated carbocycles. The summed E-state index contributed by atoms with van der Waals surface area (Å²) < 4.78 is 21.2. The summed E-state index contributed by atoms with van der Waals surface area (Å²) in [5.41, 5.74) is 3.43. The van der Waals surface area contributed by atoms with Gasteiger partial charge >= 0.3 is 0 Å². The van der Waals surface area contributed by atoms with Crippen LogP contribution in [-0.4, -0.2) is 44.1 Å². The predicted molar refractivity (Wildman–Crippen MR) is 115 cm³/mol. The van der Waals surface area contributed by atoms with Crippen LogP contribution in [-0.2, 0) is 20.8 Å². The van der Waals surface area contributed by atoms with Crippen LogP contribution >= 0.6 is 11.6 Å². The van der Waals surface area contributed by atoms with Crippen LogP contribution in [0.2, 0.25) is 5.28 Å². The zero-order valence-electron chi connectivity index (χ0n) is 17.8. The molecule has 3 fully saturated rings. The average molecular weight is 441 g/mol. The molecule has 0 spiro atoms. The van der Waals surface area contributed by atoms with Crippen molar-refractivity contribution in [2.24, 2.45) is 11.3 Å². The maximum Gasteiger partial charge on any atom is 0.224 e. The third-order valence-electron chi connectivity index (χ3n) is 6.99. The molecule has 162 valence electrons. The van der Waals surface area contributed by atoms with Crippen LogP contribution in [0.3, 0.4) is 0 Å². The number of benzene rings is 1. The van der Waals surface area contributed by atoms with E-state index < -0.39 is 5.79 Å². The van der Waals surface area contributed by atoms with Crippen LogP contribution in [0.1, 0.15) is 37.6 Å². The Balaban J connectivity index is 1.32. The summed E-state index contributed by atoms with van der Waals surface area (Å²) in [6.45, 7) is 7.10. The number of halogens is 1. The molecule has 3 aliphatic rings. The molecule has 3 aromatic rings. The SMILES string of the molecule is Cc1nc(Cl)nc2c1ncn2[C@@H]1C2C[C@@]2(COCc2ccccc2)[C@H]2OC(C)(C)O[C@@H]12.